The maximum absolute atomic E-state index is 12.1. The number of hydrogen-bond donors (Lipinski definition) is 1. The van der Waals surface area contributed by atoms with Crippen molar-refractivity contribution in [1.82, 2.24) is 14.7 Å². The first-order chi connectivity index (χ1) is 8.82. The smallest absolute Gasteiger partial charge is 0.311 e. The molecule has 1 aliphatic heterocycles. The molecule has 2 heterocycles. The molecule has 1 N–H and O–H groups in total. The fourth-order valence-electron chi connectivity index (χ4n) is 2.23. The Kier molecular flexibility index (Phi) is 3.54. The largest absolute Gasteiger partial charge is 0.481 e. The second-order valence-electron chi connectivity index (χ2n) is 5.21. The summed E-state index contributed by atoms with van der Waals surface area (Å²) in [4.78, 5) is 24.8. The second-order valence-corrected chi connectivity index (χ2v) is 5.61. The quantitative estimate of drug-likeness (QED) is 0.897. The molecule has 1 aromatic heterocycles. The Bertz CT molecular complexity index is 528. The molecule has 1 saturated heterocycles. The van der Waals surface area contributed by atoms with Crippen LogP contribution in [0.4, 0.5) is 0 Å². The van der Waals surface area contributed by atoms with Gasteiger partial charge in [-0.2, -0.15) is 5.10 Å². The highest BCUT2D eigenvalue weighted by Crippen LogP contribution is 2.30. The van der Waals surface area contributed by atoms with Crippen LogP contribution in [-0.2, 0) is 23.1 Å². The molecule has 2 rings (SSSR count). The maximum atomic E-state index is 12.1. The number of carbonyl (C=O) groups excluding carboxylic acids is 1. The van der Waals surface area contributed by atoms with Crippen molar-refractivity contribution < 1.29 is 14.7 Å². The van der Waals surface area contributed by atoms with Crippen molar-refractivity contribution in [3.8, 4) is 0 Å². The third-order valence-corrected chi connectivity index (χ3v) is 3.83. The third kappa shape index (κ3) is 2.73. The van der Waals surface area contributed by atoms with Crippen molar-refractivity contribution >= 4 is 23.5 Å². The highest BCUT2D eigenvalue weighted by atomic mass is 35.5. The Balaban J connectivity index is 2.03. The second kappa shape index (κ2) is 4.85. The molecule has 19 heavy (non-hydrogen) atoms. The van der Waals surface area contributed by atoms with Crippen LogP contribution in [0.1, 0.15) is 19.0 Å². The van der Waals surface area contributed by atoms with Crippen molar-refractivity contribution in [2.24, 2.45) is 12.5 Å². The van der Waals surface area contributed by atoms with Crippen molar-refractivity contribution in [3.05, 3.63) is 16.9 Å². The molecule has 0 radical (unpaired) electrons. The van der Waals surface area contributed by atoms with Gasteiger partial charge in [0, 0.05) is 26.3 Å². The summed E-state index contributed by atoms with van der Waals surface area (Å²) in [5.41, 5.74) is -0.318. The van der Waals surface area contributed by atoms with Crippen LogP contribution in [-0.4, -0.2) is 44.8 Å². The highest BCUT2D eigenvalue weighted by molar-refractivity contribution is 6.31. The van der Waals surface area contributed by atoms with Gasteiger partial charge in [-0.3, -0.25) is 14.3 Å². The van der Waals surface area contributed by atoms with E-state index in [9.17, 15) is 9.59 Å². The fourth-order valence-corrected chi connectivity index (χ4v) is 2.47. The lowest BCUT2D eigenvalue weighted by Crippen LogP contribution is -2.35. The van der Waals surface area contributed by atoms with E-state index < -0.39 is 11.4 Å². The lowest BCUT2D eigenvalue weighted by Gasteiger charge is -2.19. The van der Waals surface area contributed by atoms with Crippen molar-refractivity contribution in [3.63, 3.8) is 0 Å². The molecular formula is C12H16ClN3O3. The van der Waals surface area contributed by atoms with Gasteiger partial charge in [0.15, 0.2) is 0 Å². The molecule has 0 saturated carbocycles. The lowest BCUT2D eigenvalue weighted by atomic mass is 9.90. The van der Waals surface area contributed by atoms with E-state index in [4.69, 9.17) is 16.7 Å². The Hall–Kier alpha value is -1.56. The minimum absolute atomic E-state index is 0.107. The summed E-state index contributed by atoms with van der Waals surface area (Å²) in [6.07, 6.45) is 2.22. The molecule has 0 spiro atoms. The summed E-state index contributed by atoms with van der Waals surface area (Å²) >= 11 is 5.95. The number of carboxylic acids is 1. The molecular weight excluding hydrogens is 270 g/mol. The Morgan fingerprint density at radius 1 is 1.58 bits per heavy atom. The van der Waals surface area contributed by atoms with Crippen LogP contribution in [0.2, 0.25) is 5.02 Å². The van der Waals surface area contributed by atoms with Gasteiger partial charge in [-0.15, -0.1) is 0 Å². The molecule has 1 aromatic rings. The summed E-state index contributed by atoms with van der Waals surface area (Å²) in [6, 6.07) is 0. The Morgan fingerprint density at radius 2 is 2.26 bits per heavy atom. The first-order valence-electron chi connectivity index (χ1n) is 6.01. The molecule has 104 valence electrons. The number of nitrogens with zero attached hydrogens (tertiary/aromatic N) is 3. The van der Waals surface area contributed by atoms with Crippen LogP contribution < -0.4 is 0 Å². The molecule has 6 nitrogen and oxygen atoms in total. The van der Waals surface area contributed by atoms with E-state index in [0.717, 1.165) is 0 Å². The van der Waals surface area contributed by atoms with E-state index in [1.54, 1.807) is 29.7 Å². The molecule has 1 atom stereocenters. The number of rotatable bonds is 3. The average molecular weight is 286 g/mol. The number of aryl methyl sites for hydroxylation is 1. The zero-order valence-electron chi connectivity index (χ0n) is 10.9. The van der Waals surface area contributed by atoms with Gasteiger partial charge in [0.1, 0.15) is 0 Å². The minimum atomic E-state index is -0.862. The van der Waals surface area contributed by atoms with Crippen LogP contribution in [0.3, 0.4) is 0 Å². The van der Waals surface area contributed by atoms with E-state index in [1.165, 1.54) is 0 Å². The van der Waals surface area contributed by atoms with Crippen molar-refractivity contribution in [2.45, 2.75) is 19.8 Å². The van der Waals surface area contributed by atoms with Crippen LogP contribution in [0.5, 0.6) is 0 Å². The molecule has 1 aliphatic rings. The number of aliphatic carboxylic acids is 1. The van der Waals surface area contributed by atoms with Gasteiger partial charge in [0.2, 0.25) is 5.91 Å². The third-order valence-electron chi connectivity index (χ3n) is 3.52. The van der Waals surface area contributed by atoms with Crippen LogP contribution in [0.25, 0.3) is 0 Å². The fraction of sp³-hybridized carbons (Fsp3) is 0.583. The van der Waals surface area contributed by atoms with E-state index in [2.05, 4.69) is 5.10 Å². The molecule has 1 amide bonds. The zero-order chi connectivity index (χ0) is 14.2. The minimum Gasteiger partial charge on any atom is -0.481 e. The normalized spacial score (nSPS) is 22.8. The lowest BCUT2D eigenvalue weighted by molar-refractivity contribution is -0.147. The van der Waals surface area contributed by atoms with E-state index in [0.29, 0.717) is 23.7 Å². The van der Waals surface area contributed by atoms with Crippen molar-refractivity contribution in [1.29, 1.82) is 0 Å². The number of amides is 1. The maximum Gasteiger partial charge on any atom is 0.311 e. The molecule has 1 unspecified atom stereocenters. The number of halogens is 1. The van der Waals surface area contributed by atoms with Gasteiger partial charge in [0.05, 0.1) is 22.6 Å². The van der Waals surface area contributed by atoms with Gasteiger partial charge < -0.3 is 10.0 Å². The van der Waals surface area contributed by atoms with Gasteiger partial charge in [-0.1, -0.05) is 11.6 Å². The molecule has 0 bridgehead atoms. The summed E-state index contributed by atoms with van der Waals surface area (Å²) in [5.74, 6) is -0.996. The summed E-state index contributed by atoms with van der Waals surface area (Å²) in [5, 5.41) is 13.7. The number of likely N-dealkylation sites (tertiary alicyclic amines) is 1. The standard InChI is InChI=1S/C12H16ClN3O3/c1-12(11(18)19)3-4-16(7-12)10(17)5-9-8(13)6-15(2)14-9/h6H,3-5,7H2,1-2H3,(H,18,19). The highest BCUT2D eigenvalue weighted by Gasteiger charge is 2.42. The van der Waals surface area contributed by atoms with Crippen molar-refractivity contribution in [2.75, 3.05) is 13.1 Å². The first-order valence-corrected chi connectivity index (χ1v) is 6.39. The average Bonchev–Trinajstić information content (AvgIpc) is 2.84. The molecule has 1 fully saturated rings. The molecule has 0 aromatic carbocycles. The monoisotopic (exact) mass is 285 g/mol. The van der Waals surface area contributed by atoms with Gasteiger partial charge in [-0.25, -0.2) is 0 Å². The summed E-state index contributed by atoms with van der Waals surface area (Å²) < 4.78 is 1.55. The Labute approximate surface area is 115 Å². The van der Waals surface area contributed by atoms with Crippen LogP contribution in [0.15, 0.2) is 6.20 Å². The summed E-state index contributed by atoms with van der Waals surface area (Å²) in [7, 11) is 1.73. The van der Waals surface area contributed by atoms with Crippen LogP contribution >= 0.6 is 11.6 Å². The predicted molar refractivity (Wildman–Crippen MR) is 68.9 cm³/mol. The topological polar surface area (TPSA) is 75.4 Å². The number of hydrogen-bond acceptors (Lipinski definition) is 3. The number of carboxylic acid groups (broad SMARTS) is 1. The first kappa shape index (κ1) is 13.9. The SMILES string of the molecule is Cn1cc(Cl)c(CC(=O)N2CCC(C)(C(=O)O)C2)n1. The van der Waals surface area contributed by atoms with E-state index >= 15 is 0 Å². The van der Waals surface area contributed by atoms with Gasteiger partial charge in [-0.05, 0) is 13.3 Å². The zero-order valence-corrected chi connectivity index (χ0v) is 11.6. The summed E-state index contributed by atoms with van der Waals surface area (Å²) in [6.45, 7) is 2.37. The Morgan fingerprint density at radius 3 is 2.74 bits per heavy atom. The number of carbonyl (C=O) groups is 2. The van der Waals surface area contributed by atoms with E-state index in [1.807, 2.05) is 0 Å². The van der Waals surface area contributed by atoms with Gasteiger partial charge in [0.25, 0.3) is 0 Å². The molecule has 7 heteroatoms. The number of aromatic nitrogens is 2. The predicted octanol–water partition coefficient (Wildman–Crippen LogP) is 0.939. The van der Waals surface area contributed by atoms with Gasteiger partial charge >= 0.3 is 5.97 Å². The van der Waals surface area contributed by atoms with E-state index in [-0.39, 0.29) is 18.9 Å². The van der Waals surface area contributed by atoms with Crippen LogP contribution in [0, 0.1) is 5.41 Å². The molecule has 0 aliphatic carbocycles.